The highest BCUT2D eigenvalue weighted by molar-refractivity contribution is 7.92. The van der Waals surface area contributed by atoms with Gasteiger partial charge in [-0.05, 0) is 24.3 Å². The van der Waals surface area contributed by atoms with E-state index < -0.39 is 28.2 Å². The Hall–Kier alpha value is -2.35. The highest BCUT2D eigenvalue weighted by Crippen LogP contribution is 2.15. The van der Waals surface area contributed by atoms with E-state index in [4.69, 9.17) is 5.11 Å². The first-order valence-electron chi connectivity index (χ1n) is 5.79. The maximum absolute atomic E-state index is 11.7. The van der Waals surface area contributed by atoms with Crippen LogP contribution in [-0.4, -0.2) is 35.0 Å². The van der Waals surface area contributed by atoms with Gasteiger partial charge < -0.3 is 5.11 Å². The zero-order chi connectivity index (χ0) is 14.6. The molecule has 20 heavy (non-hydrogen) atoms. The van der Waals surface area contributed by atoms with E-state index in [9.17, 15) is 13.2 Å². The van der Waals surface area contributed by atoms with Crippen molar-refractivity contribution in [2.75, 3.05) is 10.5 Å². The molecule has 1 heterocycles. The van der Waals surface area contributed by atoms with E-state index in [0.717, 1.165) is 0 Å². The molecular weight excluding hydrogens is 282 g/mol. The lowest BCUT2D eigenvalue weighted by Crippen LogP contribution is -2.19. The summed E-state index contributed by atoms with van der Waals surface area (Å²) in [6, 6.07) is 8.43. The molecule has 0 amide bonds. The lowest BCUT2D eigenvalue weighted by Gasteiger charge is -2.08. The third-order valence-electron chi connectivity index (χ3n) is 2.47. The summed E-state index contributed by atoms with van der Waals surface area (Å²) in [5, 5.41) is 12.6. The number of aromatic nitrogens is 2. The minimum Gasteiger partial charge on any atom is -0.481 e. The number of sulfonamides is 1. The van der Waals surface area contributed by atoms with E-state index in [2.05, 4.69) is 9.82 Å². The van der Waals surface area contributed by atoms with Crippen molar-refractivity contribution < 1.29 is 18.3 Å². The summed E-state index contributed by atoms with van der Waals surface area (Å²) >= 11 is 0. The molecule has 8 heteroatoms. The molecule has 2 aromatic rings. The summed E-state index contributed by atoms with van der Waals surface area (Å²) in [5.41, 5.74) is 1.07. The average molecular weight is 295 g/mol. The van der Waals surface area contributed by atoms with Gasteiger partial charge in [0.1, 0.15) is 0 Å². The van der Waals surface area contributed by atoms with Crippen LogP contribution in [0.25, 0.3) is 5.69 Å². The average Bonchev–Trinajstić information content (AvgIpc) is 2.90. The van der Waals surface area contributed by atoms with Crippen molar-refractivity contribution in [3.63, 3.8) is 0 Å². The van der Waals surface area contributed by atoms with Gasteiger partial charge >= 0.3 is 5.97 Å². The van der Waals surface area contributed by atoms with E-state index in [1.54, 1.807) is 47.4 Å². The molecule has 0 aliphatic heterocycles. The molecule has 0 bridgehead atoms. The minimum absolute atomic E-state index is 0.364. The van der Waals surface area contributed by atoms with Crippen LogP contribution in [0.5, 0.6) is 0 Å². The highest BCUT2D eigenvalue weighted by Gasteiger charge is 2.13. The maximum Gasteiger partial charge on any atom is 0.304 e. The third kappa shape index (κ3) is 3.82. The van der Waals surface area contributed by atoms with Crippen molar-refractivity contribution >= 4 is 21.7 Å². The van der Waals surface area contributed by atoms with Gasteiger partial charge in [0.15, 0.2) is 0 Å². The fraction of sp³-hybridized carbons (Fsp3) is 0.167. The Labute approximate surface area is 115 Å². The van der Waals surface area contributed by atoms with Crippen molar-refractivity contribution in [3.8, 4) is 5.69 Å². The molecule has 0 unspecified atom stereocenters. The highest BCUT2D eigenvalue weighted by atomic mass is 32.2. The van der Waals surface area contributed by atoms with E-state index in [0.29, 0.717) is 11.4 Å². The Kier molecular flexibility index (Phi) is 4.04. The number of hydrogen-bond acceptors (Lipinski definition) is 4. The van der Waals surface area contributed by atoms with Crippen molar-refractivity contribution in [2.45, 2.75) is 6.42 Å². The Morgan fingerprint density at radius 2 is 2.15 bits per heavy atom. The molecule has 0 aliphatic carbocycles. The topological polar surface area (TPSA) is 101 Å². The lowest BCUT2D eigenvalue weighted by atomic mass is 10.3. The third-order valence-corrected chi connectivity index (χ3v) is 3.76. The number of rotatable bonds is 6. The molecule has 7 nitrogen and oxygen atoms in total. The van der Waals surface area contributed by atoms with Gasteiger partial charge in [-0.25, -0.2) is 13.1 Å². The number of benzene rings is 1. The van der Waals surface area contributed by atoms with E-state index in [1.165, 1.54) is 0 Å². The molecule has 2 N–H and O–H groups in total. The zero-order valence-corrected chi connectivity index (χ0v) is 11.2. The number of carbonyl (C=O) groups is 1. The van der Waals surface area contributed by atoms with Gasteiger partial charge in [-0.1, -0.05) is 6.07 Å². The molecule has 0 radical (unpaired) electrons. The summed E-state index contributed by atoms with van der Waals surface area (Å²) in [6.45, 7) is 0. The monoisotopic (exact) mass is 295 g/mol. The standard InChI is InChI=1S/C12H13N3O4S/c16-12(17)5-8-20(18,19)14-10-3-1-4-11(9-10)15-7-2-6-13-15/h1-4,6-7,9,14H,5,8H2,(H,16,17). The largest absolute Gasteiger partial charge is 0.481 e. The van der Waals surface area contributed by atoms with Crippen LogP contribution in [0, 0.1) is 0 Å². The molecule has 0 fully saturated rings. The van der Waals surface area contributed by atoms with Crippen molar-refractivity contribution in [3.05, 3.63) is 42.7 Å². The number of anilines is 1. The van der Waals surface area contributed by atoms with Crippen molar-refractivity contribution in [1.82, 2.24) is 9.78 Å². The smallest absolute Gasteiger partial charge is 0.304 e. The fourth-order valence-electron chi connectivity index (χ4n) is 1.59. The van der Waals surface area contributed by atoms with E-state index >= 15 is 0 Å². The van der Waals surface area contributed by atoms with Gasteiger partial charge in [0.25, 0.3) is 0 Å². The first-order valence-corrected chi connectivity index (χ1v) is 7.44. The molecule has 0 spiro atoms. The Morgan fingerprint density at radius 3 is 2.80 bits per heavy atom. The predicted octanol–water partition coefficient (Wildman–Crippen LogP) is 1.09. The second-order valence-electron chi connectivity index (χ2n) is 4.07. The molecule has 0 saturated carbocycles. The molecule has 0 saturated heterocycles. The summed E-state index contributed by atoms with van der Waals surface area (Å²) in [4.78, 5) is 10.4. The fourth-order valence-corrected chi connectivity index (χ4v) is 2.62. The Bertz CT molecular complexity index is 695. The number of carboxylic acids is 1. The molecule has 2 rings (SSSR count). The van der Waals surface area contributed by atoms with Gasteiger partial charge in [0.2, 0.25) is 10.0 Å². The first-order chi connectivity index (χ1) is 9.46. The van der Waals surface area contributed by atoms with E-state index in [1.807, 2.05) is 0 Å². The SMILES string of the molecule is O=C(O)CCS(=O)(=O)Nc1cccc(-n2cccn2)c1. The van der Waals surface area contributed by atoms with Crippen LogP contribution < -0.4 is 4.72 Å². The summed E-state index contributed by atoms with van der Waals surface area (Å²) < 4.78 is 27.3. The second kappa shape index (κ2) is 5.74. The maximum atomic E-state index is 11.7. The van der Waals surface area contributed by atoms with Crippen LogP contribution in [0.2, 0.25) is 0 Å². The van der Waals surface area contributed by atoms with E-state index in [-0.39, 0.29) is 0 Å². The number of carboxylic acid groups (broad SMARTS) is 1. The van der Waals surface area contributed by atoms with Crippen molar-refractivity contribution in [1.29, 1.82) is 0 Å². The molecular formula is C12H13N3O4S. The quantitative estimate of drug-likeness (QED) is 0.830. The molecule has 106 valence electrons. The minimum atomic E-state index is -3.68. The van der Waals surface area contributed by atoms with Crippen LogP contribution in [0.3, 0.4) is 0 Å². The number of aliphatic carboxylic acids is 1. The Morgan fingerprint density at radius 1 is 1.35 bits per heavy atom. The Balaban J connectivity index is 2.14. The molecule has 1 aromatic heterocycles. The van der Waals surface area contributed by atoms with Gasteiger partial charge in [-0.2, -0.15) is 5.10 Å². The number of nitrogens with zero attached hydrogens (tertiary/aromatic N) is 2. The summed E-state index contributed by atoms with van der Waals surface area (Å²) in [7, 11) is -3.68. The van der Waals surface area contributed by atoms with Crippen LogP contribution >= 0.6 is 0 Å². The van der Waals surface area contributed by atoms with Crippen molar-refractivity contribution in [2.24, 2.45) is 0 Å². The van der Waals surface area contributed by atoms with Gasteiger partial charge in [-0.15, -0.1) is 0 Å². The number of hydrogen-bond donors (Lipinski definition) is 2. The van der Waals surface area contributed by atoms with Gasteiger partial charge in [0.05, 0.1) is 23.5 Å². The molecule has 0 atom stereocenters. The molecule has 0 aliphatic rings. The van der Waals surface area contributed by atoms with Gasteiger partial charge in [-0.3, -0.25) is 9.52 Å². The normalized spacial score (nSPS) is 11.2. The first kappa shape index (κ1) is 14.1. The van der Waals surface area contributed by atoms with Crippen LogP contribution in [0.4, 0.5) is 5.69 Å². The van der Waals surface area contributed by atoms with Crippen LogP contribution in [0.1, 0.15) is 6.42 Å². The molecule has 1 aromatic carbocycles. The van der Waals surface area contributed by atoms with Crippen LogP contribution in [0.15, 0.2) is 42.7 Å². The van der Waals surface area contributed by atoms with Crippen LogP contribution in [-0.2, 0) is 14.8 Å². The zero-order valence-electron chi connectivity index (χ0n) is 10.4. The van der Waals surface area contributed by atoms with Gasteiger partial charge in [0, 0.05) is 12.4 Å². The summed E-state index contributed by atoms with van der Waals surface area (Å²) in [5.74, 6) is -1.62. The predicted molar refractivity (Wildman–Crippen MR) is 73.2 cm³/mol. The lowest BCUT2D eigenvalue weighted by molar-refractivity contribution is -0.136. The number of nitrogens with one attached hydrogen (secondary N) is 1. The second-order valence-corrected chi connectivity index (χ2v) is 5.91. The summed E-state index contributed by atoms with van der Waals surface area (Å²) in [6.07, 6.45) is 2.91.